The van der Waals surface area contributed by atoms with Gasteiger partial charge in [-0.1, -0.05) is 6.92 Å². The molecule has 1 aromatic rings. The van der Waals surface area contributed by atoms with Crippen molar-refractivity contribution in [1.29, 1.82) is 0 Å². The molecule has 0 amide bonds. The van der Waals surface area contributed by atoms with Crippen molar-refractivity contribution in [3.05, 3.63) is 23.1 Å². The minimum atomic E-state index is -0.194. The summed E-state index contributed by atoms with van der Waals surface area (Å²) >= 11 is 7.13. The summed E-state index contributed by atoms with van der Waals surface area (Å²) in [6.45, 7) is 1.95. The largest absolute Gasteiger partial charge is 0.468 e. The Labute approximate surface area is 98.1 Å². The van der Waals surface area contributed by atoms with Crippen LogP contribution in [0.25, 0.3) is 0 Å². The first-order valence-corrected chi connectivity index (χ1v) is 6.03. The van der Waals surface area contributed by atoms with Crippen LogP contribution in [-0.4, -0.2) is 18.3 Å². The average molecular weight is 249 g/mol. The second kappa shape index (κ2) is 6.08. The van der Waals surface area contributed by atoms with Crippen LogP contribution in [0.15, 0.2) is 16.5 Å². The third-order valence-electron chi connectivity index (χ3n) is 1.89. The SMILES string of the molecule is CCC(SCc1ccc(Cl)o1)C(=O)OC. The van der Waals surface area contributed by atoms with Gasteiger partial charge in [0.15, 0.2) is 5.22 Å². The molecule has 0 aliphatic heterocycles. The van der Waals surface area contributed by atoms with Gasteiger partial charge in [-0.15, -0.1) is 11.8 Å². The van der Waals surface area contributed by atoms with Gasteiger partial charge in [-0.3, -0.25) is 4.79 Å². The van der Waals surface area contributed by atoms with Gasteiger partial charge in [0.2, 0.25) is 0 Å². The lowest BCUT2D eigenvalue weighted by atomic mass is 10.3. The van der Waals surface area contributed by atoms with Crippen LogP contribution < -0.4 is 0 Å². The van der Waals surface area contributed by atoms with Gasteiger partial charge in [0.05, 0.1) is 12.9 Å². The van der Waals surface area contributed by atoms with Gasteiger partial charge in [0.25, 0.3) is 0 Å². The van der Waals surface area contributed by atoms with Crippen molar-refractivity contribution >= 4 is 29.3 Å². The number of furan rings is 1. The normalized spacial score (nSPS) is 12.5. The number of esters is 1. The number of carbonyl (C=O) groups excluding carboxylic acids is 1. The first-order chi connectivity index (χ1) is 7.17. The van der Waals surface area contributed by atoms with E-state index in [2.05, 4.69) is 4.74 Å². The highest BCUT2D eigenvalue weighted by Gasteiger charge is 2.17. The zero-order valence-electron chi connectivity index (χ0n) is 8.66. The highest BCUT2D eigenvalue weighted by molar-refractivity contribution is 7.99. The molecule has 84 valence electrons. The van der Waals surface area contributed by atoms with Crippen molar-refractivity contribution in [3.63, 3.8) is 0 Å². The molecular weight excluding hydrogens is 236 g/mol. The van der Waals surface area contributed by atoms with Crippen LogP contribution in [0, 0.1) is 0 Å². The summed E-state index contributed by atoms with van der Waals surface area (Å²) in [6.07, 6.45) is 0.742. The van der Waals surface area contributed by atoms with Crippen molar-refractivity contribution in [1.82, 2.24) is 0 Å². The standard InChI is InChI=1S/C10H13ClO3S/c1-3-8(10(12)13-2)15-6-7-4-5-9(11)14-7/h4-5,8H,3,6H2,1-2H3. The maximum atomic E-state index is 11.3. The van der Waals surface area contributed by atoms with Crippen molar-refractivity contribution < 1.29 is 13.9 Å². The van der Waals surface area contributed by atoms with E-state index in [0.717, 1.165) is 12.2 Å². The summed E-state index contributed by atoms with van der Waals surface area (Å²) in [4.78, 5) is 11.3. The van der Waals surface area contributed by atoms with Gasteiger partial charge in [-0.05, 0) is 30.2 Å². The van der Waals surface area contributed by atoms with Crippen molar-refractivity contribution in [2.45, 2.75) is 24.3 Å². The summed E-state index contributed by atoms with van der Waals surface area (Å²) in [5.74, 6) is 1.20. The Hall–Kier alpha value is -0.610. The monoisotopic (exact) mass is 248 g/mol. The van der Waals surface area contributed by atoms with Gasteiger partial charge in [-0.25, -0.2) is 0 Å². The van der Waals surface area contributed by atoms with E-state index in [1.165, 1.54) is 18.9 Å². The van der Waals surface area contributed by atoms with Crippen molar-refractivity contribution in [2.75, 3.05) is 7.11 Å². The summed E-state index contributed by atoms with van der Waals surface area (Å²) in [6, 6.07) is 3.50. The molecule has 3 nitrogen and oxygen atoms in total. The lowest BCUT2D eigenvalue weighted by molar-refractivity contribution is -0.140. The molecule has 0 bridgehead atoms. The van der Waals surface area contributed by atoms with Gasteiger partial charge in [0.1, 0.15) is 11.0 Å². The maximum absolute atomic E-state index is 11.3. The number of thioether (sulfide) groups is 1. The van der Waals surface area contributed by atoms with Crippen molar-refractivity contribution in [2.24, 2.45) is 0 Å². The Morgan fingerprint density at radius 1 is 1.67 bits per heavy atom. The smallest absolute Gasteiger partial charge is 0.318 e. The Balaban J connectivity index is 2.44. The first-order valence-electron chi connectivity index (χ1n) is 4.61. The van der Waals surface area contributed by atoms with Crippen LogP contribution in [-0.2, 0) is 15.3 Å². The third-order valence-corrected chi connectivity index (χ3v) is 3.47. The summed E-state index contributed by atoms with van der Waals surface area (Å²) in [5, 5.41) is 0.232. The second-order valence-corrected chi connectivity index (χ2v) is 4.50. The molecule has 1 rings (SSSR count). The number of hydrogen-bond donors (Lipinski definition) is 0. The quantitative estimate of drug-likeness (QED) is 0.751. The molecule has 0 fully saturated rings. The summed E-state index contributed by atoms with van der Waals surface area (Å²) in [7, 11) is 1.40. The first kappa shape index (κ1) is 12.5. The van der Waals surface area contributed by atoms with Crippen LogP contribution in [0.2, 0.25) is 5.22 Å². The van der Waals surface area contributed by atoms with Crippen LogP contribution >= 0.6 is 23.4 Å². The van der Waals surface area contributed by atoms with Crippen LogP contribution in [0.4, 0.5) is 0 Å². The molecule has 0 aliphatic carbocycles. The van der Waals surface area contributed by atoms with Crippen LogP contribution in [0.3, 0.4) is 0 Å². The molecule has 1 atom stereocenters. The van der Waals surface area contributed by atoms with E-state index in [0.29, 0.717) is 11.0 Å². The van der Waals surface area contributed by atoms with Gasteiger partial charge < -0.3 is 9.15 Å². The van der Waals surface area contributed by atoms with E-state index in [4.69, 9.17) is 16.0 Å². The summed E-state index contributed by atoms with van der Waals surface area (Å²) < 4.78 is 9.86. The minimum absolute atomic E-state index is 0.140. The lowest BCUT2D eigenvalue weighted by Crippen LogP contribution is -2.17. The molecule has 0 saturated heterocycles. The van der Waals surface area contributed by atoms with Crippen LogP contribution in [0.1, 0.15) is 19.1 Å². The Bertz CT molecular complexity index is 324. The topological polar surface area (TPSA) is 39.4 Å². The fraction of sp³-hybridized carbons (Fsp3) is 0.500. The van der Waals surface area contributed by atoms with E-state index in [1.54, 1.807) is 12.1 Å². The molecule has 0 spiro atoms. The average Bonchev–Trinajstić information content (AvgIpc) is 2.64. The maximum Gasteiger partial charge on any atom is 0.318 e. The van der Waals surface area contributed by atoms with E-state index < -0.39 is 0 Å². The fourth-order valence-electron chi connectivity index (χ4n) is 1.10. The van der Waals surface area contributed by atoms with E-state index >= 15 is 0 Å². The van der Waals surface area contributed by atoms with Gasteiger partial charge in [-0.2, -0.15) is 0 Å². The van der Waals surface area contributed by atoms with E-state index in [1.807, 2.05) is 6.92 Å². The molecule has 0 aliphatic rings. The number of methoxy groups -OCH3 is 1. The molecule has 0 aromatic carbocycles. The molecule has 15 heavy (non-hydrogen) atoms. The molecule has 1 heterocycles. The molecule has 1 aromatic heterocycles. The molecule has 1 unspecified atom stereocenters. The highest BCUT2D eigenvalue weighted by Crippen LogP contribution is 2.23. The van der Waals surface area contributed by atoms with E-state index in [9.17, 15) is 4.79 Å². The number of rotatable bonds is 5. The van der Waals surface area contributed by atoms with Gasteiger partial charge in [0, 0.05) is 0 Å². The predicted octanol–water partition coefficient (Wildman–Crippen LogP) is 3.12. The molecule has 5 heteroatoms. The van der Waals surface area contributed by atoms with Crippen molar-refractivity contribution in [3.8, 4) is 0 Å². The minimum Gasteiger partial charge on any atom is -0.468 e. The zero-order valence-corrected chi connectivity index (χ0v) is 10.2. The summed E-state index contributed by atoms with van der Waals surface area (Å²) in [5.41, 5.74) is 0. The predicted molar refractivity (Wildman–Crippen MR) is 61.1 cm³/mol. The third kappa shape index (κ3) is 3.80. The fourth-order valence-corrected chi connectivity index (χ4v) is 2.25. The number of halogens is 1. The molecule has 0 N–H and O–H groups in total. The van der Waals surface area contributed by atoms with Crippen LogP contribution in [0.5, 0.6) is 0 Å². The molecule has 0 radical (unpaired) electrons. The Morgan fingerprint density at radius 2 is 2.40 bits per heavy atom. The molecule has 0 saturated carbocycles. The number of carbonyl (C=O) groups is 1. The number of hydrogen-bond acceptors (Lipinski definition) is 4. The number of ether oxygens (including phenoxy) is 1. The highest BCUT2D eigenvalue weighted by atomic mass is 35.5. The second-order valence-electron chi connectivity index (χ2n) is 2.94. The Morgan fingerprint density at radius 3 is 2.87 bits per heavy atom. The zero-order chi connectivity index (χ0) is 11.3. The lowest BCUT2D eigenvalue weighted by Gasteiger charge is -2.10. The van der Waals surface area contributed by atoms with Gasteiger partial charge >= 0.3 is 5.97 Å². The Kier molecular flexibility index (Phi) is 5.05. The molecular formula is C10H13ClO3S. The van der Waals surface area contributed by atoms with E-state index in [-0.39, 0.29) is 11.2 Å².